The van der Waals surface area contributed by atoms with Gasteiger partial charge in [-0.25, -0.2) is 8.42 Å². The number of nitrogens with zero attached hydrogens (tertiary/aromatic N) is 1. The third-order valence-electron chi connectivity index (χ3n) is 5.40. The van der Waals surface area contributed by atoms with Crippen molar-refractivity contribution in [3.8, 4) is 0 Å². The van der Waals surface area contributed by atoms with Crippen molar-refractivity contribution in [2.45, 2.75) is 25.0 Å². The first-order chi connectivity index (χ1) is 12.9. The molecule has 2 aromatic rings. The molecule has 0 saturated heterocycles. The molecule has 2 aliphatic rings. The summed E-state index contributed by atoms with van der Waals surface area (Å²) in [6.07, 6.45) is 10.1. The van der Waals surface area contributed by atoms with Crippen molar-refractivity contribution in [2.24, 2.45) is 0 Å². The molecule has 0 N–H and O–H groups in total. The minimum absolute atomic E-state index is 0.369. The van der Waals surface area contributed by atoms with E-state index in [4.69, 9.17) is 0 Å². The van der Waals surface area contributed by atoms with E-state index in [1.54, 1.807) is 4.31 Å². The SMILES string of the molecule is Cc1cccc2c1N(S(=O)(=O)C1(C)C=CC=C(c3ccccc3)C1)CC=C2. The quantitative estimate of drug-likeness (QED) is 0.758. The molecule has 4 heteroatoms. The smallest absolute Gasteiger partial charge is 0.244 e. The molecule has 1 aliphatic heterocycles. The Bertz CT molecular complexity index is 1060. The average Bonchev–Trinajstić information content (AvgIpc) is 2.68. The summed E-state index contributed by atoms with van der Waals surface area (Å²) in [6.45, 7) is 4.16. The zero-order valence-corrected chi connectivity index (χ0v) is 16.4. The van der Waals surface area contributed by atoms with Crippen LogP contribution in [-0.4, -0.2) is 19.7 Å². The van der Waals surface area contributed by atoms with E-state index >= 15 is 0 Å². The molecule has 1 aliphatic carbocycles. The Morgan fingerprint density at radius 3 is 2.59 bits per heavy atom. The fourth-order valence-corrected chi connectivity index (χ4v) is 5.75. The lowest BCUT2D eigenvalue weighted by molar-refractivity contribution is 0.560. The summed E-state index contributed by atoms with van der Waals surface area (Å²) >= 11 is 0. The van der Waals surface area contributed by atoms with E-state index in [1.165, 1.54) is 0 Å². The highest BCUT2D eigenvalue weighted by Crippen LogP contribution is 2.41. The Morgan fingerprint density at radius 2 is 1.81 bits per heavy atom. The van der Waals surface area contributed by atoms with Crippen LogP contribution in [0.5, 0.6) is 0 Å². The maximum absolute atomic E-state index is 13.8. The molecule has 3 nitrogen and oxygen atoms in total. The van der Waals surface area contributed by atoms with Gasteiger partial charge in [0.15, 0.2) is 0 Å². The van der Waals surface area contributed by atoms with Crippen molar-refractivity contribution in [2.75, 3.05) is 10.8 Å². The number of aryl methyl sites for hydroxylation is 1. The molecule has 0 bridgehead atoms. The summed E-state index contributed by atoms with van der Waals surface area (Å²) in [5, 5.41) is 0. The van der Waals surface area contributed by atoms with Crippen molar-refractivity contribution < 1.29 is 8.42 Å². The summed E-state index contributed by atoms with van der Waals surface area (Å²) in [5.74, 6) is 0. The molecule has 0 radical (unpaired) electrons. The van der Waals surface area contributed by atoms with Crippen LogP contribution in [0.1, 0.15) is 30.0 Å². The van der Waals surface area contributed by atoms with E-state index in [9.17, 15) is 8.42 Å². The topological polar surface area (TPSA) is 37.4 Å². The number of para-hydroxylation sites is 1. The van der Waals surface area contributed by atoms with E-state index < -0.39 is 14.8 Å². The van der Waals surface area contributed by atoms with Crippen molar-refractivity contribution in [3.05, 3.63) is 89.5 Å². The molecule has 4 rings (SSSR count). The lowest BCUT2D eigenvalue weighted by atomic mass is 9.90. The minimum atomic E-state index is -3.61. The molecule has 2 aromatic carbocycles. The van der Waals surface area contributed by atoms with Crippen LogP contribution in [0, 0.1) is 6.92 Å². The first kappa shape index (κ1) is 17.8. The highest BCUT2D eigenvalue weighted by molar-refractivity contribution is 7.94. The fraction of sp³-hybridized carbons (Fsp3) is 0.217. The van der Waals surface area contributed by atoms with Gasteiger partial charge in [-0.2, -0.15) is 0 Å². The summed E-state index contributed by atoms with van der Waals surface area (Å²) < 4.78 is 28.1. The first-order valence-corrected chi connectivity index (χ1v) is 10.6. The Hall–Kier alpha value is -2.59. The van der Waals surface area contributed by atoms with Crippen LogP contribution in [0.15, 0.2) is 72.8 Å². The largest absolute Gasteiger partial charge is 0.265 e. The first-order valence-electron chi connectivity index (χ1n) is 9.15. The zero-order valence-electron chi connectivity index (χ0n) is 15.6. The molecule has 0 aromatic heterocycles. The van der Waals surface area contributed by atoms with Crippen LogP contribution >= 0.6 is 0 Å². The highest BCUT2D eigenvalue weighted by Gasteiger charge is 2.44. The van der Waals surface area contributed by atoms with Gasteiger partial charge in [-0.1, -0.05) is 78.9 Å². The van der Waals surface area contributed by atoms with E-state index in [2.05, 4.69) is 0 Å². The highest BCUT2D eigenvalue weighted by atomic mass is 32.2. The maximum Gasteiger partial charge on any atom is 0.244 e. The van der Waals surface area contributed by atoms with Crippen molar-refractivity contribution in [1.29, 1.82) is 0 Å². The molecule has 0 spiro atoms. The second-order valence-corrected chi connectivity index (χ2v) is 9.68. The molecule has 138 valence electrons. The number of hydrogen-bond acceptors (Lipinski definition) is 2. The molecule has 0 saturated carbocycles. The Kier molecular flexibility index (Phi) is 4.31. The number of hydrogen-bond donors (Lipinski definition) is 0. The van der Waals surface area contributed by atoms with Crippen LogP contribution in [0.4, 0.5) is 5.69 Å². The Balaban J connectivity index is 1.74. The lowest BCUT2D eigenvalue weighted by Gasteiger charge is -2.38. The third kappa shape index (κ3) is 2.94. The van der Waals surface area contributed by atoms with Gasteiger partial charge in [-0.15, -0.1) is 0 Å². The van der Waals surface area contributed by atoms with Gasteiger partial charge in [0.05, 0.1) is 12.2 Å². The molecule has 1 atom stereocenters. The average molecular weight is 378 g/mol. The molecule has 0 fully saturated rings. The van der Waals surface area contributed by atoms with Crippen LogP contribution in [0.2, 0.25) is 0 Å². The van der Waals surface area contributed by atoms with Gasteiger partial charge in [0, 0.05) is 0 Å². The minimum Gasteiger partial charge on any atom is -0.265 e. The summed E-state index contributed by atoms with van der Waals surface area (Å²) in [6, 6.07) is 15.9. The van der Waals surface area contributed by atoms with Crippen LogP contribution in [0.25, 0.3) is 11.6 Å². The van der Waals surface area contributed by atoms with Crippen molar-refractivity contribution in [3.63, 3.8) is 0 Å². The molecule has 27 heavy (non-hydrogen) atoms. The lowest BCUT2D eigenvalue weighted by Crippen LogP contribution is -2.47. The van der Waals surface area contributed by atoms with Crippen LogP contribution < -0.4 is 4.31 Å². The zero-order chi connectivity index (χ0) is 19.1. The summed E-state index contributed by atoms with van der Waals surface area (Å²) in [5.41, 5.74) is 4.83. The maximum atomic E-state index is 13.8. The van der Waals surface area contributed by atoms with E-state index in [0.717, 1.165) is 28.0 Å². The second-order valence-electron chi connectivity index (χ2n) is 7.36. The number of sulfonamides is 1. The Morgan fingerprint density at radius 1 is 1.04 bits per heavy atom. The molecular formula is C23H23NO2S. The van der Waals surface area contributed by atoms with Crippen molar-refractivity contribution >= 4 is 27.4 Å². The predicted molar refractivity (Wildman–Crippen MR) is 113 cm³/mol. The Labute approximate surface area is 161 Å². The summed E-state index contributed by atoms with van der Waals surface area (Å²) in [4.78, 5) is 0. The van der Waals surface area contributed by atoms with E-state index in [-0.39, 0.29) is 0 Å². The summed E-state index contributed by atoms with van der Waals surface area (Å²) in [7, 11) is -3.61. The predicted octanol–water partition coefficient (Wildman–Crippen LogP) is 4.96. The fourth-order valence-electron chi connectivity index (χ4n) is 3.89. The van der Waals surface area contributed by atoms with Crippen LogP contribution in [-0.2, 0) is 10.0 Å². The second kappa shape index (κ2) is 6.54. The number of benzene rings is 2. The van der Waals surface area contributed by atoms with E-state index in [1.807, 2.05) is 92.8 Å². The van der Waals surface area contributed by atoms with E-state index in [0.29, 0.717) is 13.0 Å². The standard InChI is InChI=1S/C23H23NO2S/c1-18-9-6-12-20-14-8-16-24(22(18)20)27(25,26)23(2)15-7-13-21(17-23)19-10-4-3-5-11-19/h3-15H,16-17H2,1-2H3. The number of rotatable bonds is 3. The van der Waals surface area contributed by atoms with Crippen LogP contribution in [0.3, 0.4) is 0 Å². The van der Waals surface area contributed by atoms with Crippen molar-refractivity contribution in [1.82, 2.24) is 0 Å². The third-order valence-corrected chi connectivity index (χ3v) is 7.77. The van der Waals surface area contributed by atoms with Gasteiger partial charge in [0.2, 0.25) is 10.0 Å². The van der Waals surface area contributed by atoms with Gasteiger partial charge in [0.1, 0.15) is 4.75 Å². The van der Waals surface area contributed by atoms with Gasteiger partial charge < -0.3 is 0 Å². The number of allylic oxidation sites excluding steroid dienone is 3. The molecular weight excluding hydrogens is 354 g/mol. The van der Waals surface area contributed by atoms with Gasteiger partial charge in [-0.3, -0.25) is 4.31 Å². The monoisotopic (exact) mass is 377 g/mol. The number of fused-ring (bicyclic) bond motifs is 1. The van der Waals surface area contributed by atoms with Gasteiger partial charge in [0.25, 0.3) is 0 Å². The normalized spacial score (nSPS) is 21.7. The molecule has 1 heterocycles. The molecule has 0 amide bonds. The van der Waals surface area contributed by atoms with Gasteiger partial charge >= 0.3 is 0 Å². The molecule has 1 unspecified atom stereocenters. The van der Waals surface area contributed by atoms with Gasteiger partial charge in [-0.05, 0) is 42.5 Å². The number of anilines is 1.